The fourth-order valence-electron chi connectivity index (χ4n) is 3.20. The average molecular weight is 366 g/mol. The first-order chi connectivity index (χ1) is 12.8. The molecule has 0 N–H and O–H groups in total. The molecule has 0 amide bonds. The summed E-state index contributed by atoms with van der Waals surface area (Å²) in [7, 11) is 0. The van der Waals surface area contributed by atoms with Crippen molar-refractivity contribution in [2.75, 3.05) is 18.1 Å². The number of hydrogen-bond acceptors (Lipinski definition) is 6. The van der Waals surface area contributed by atoms with Gasteiger partial charge in [-0.05, 0) is 43.3 Å². The number of nitrogens with zero attached hydrogens (tertiary/aromatic N) is 4. The molecule has 0 saturated carbocycles. The molecule has 0 radical (unpaired) electrons. The Morgan fingerprint density at radius 2 is 2.23 bits per heavy atom. The maximum absolute atomic E-state index is 5.88. The Bertz CT molecular complexity index is 832. The molecule has 3 aromatic rings. The van der Waals surface area contributed by atoms with Crippen molar-refractivity contribution in [3.05, 3.63) is 58.7 Å². The number of aromatic nitrogens is 3. The van der Waals surface area contributed by atoms with Gasteiger partial charge in [0.25, 0.3) is 0 Å². The average Bonchev–Trinajstić information content (AvgIpc) is 3.35. The van der Waals surface area contributed by atoms with Gasteiger partial charge in [0.05, 0.1) is 12.6 Å². The first-order valence-corrected chi connectivity index (χ1v) is 9.81. The lowest BCUT2D eigenvalue weighted by atomic mass is 10.2. The molecule has 134 valence electrons. The molecule has 1 atom stereocenters. The molecule has 0 unspecified atom stereocenters. The highest BCUT2D eigenvalue weighted by molar-refractivity contribution is 7.09. The highest BCUT2D eigenvalue weighted by Gasteiger charge is 2.21. The Hall–Kier alpha value is -2.31. The van der Waals surface area contributed by atoms with E-state index in [0.717, 1.165) is 55.4 Å². The Balaban J connectivity index is 1.66. The van der Waals surface area contributed by atoms with Crippen LogP contribution in [0.5, 0.6) is 0 Å². The van der Waals surface area contributed by atoms with Gasteiger partial charge in [-0.3, -0.25) is 4.98 Å². The van der Waals surface area contributed by atoms with Gasteiger partial charge >= 0.3 is 0 Å². The quantitative estimate of drug-likeness (QED) is 0.657. The molecular weight excluding hydrogens is 344 g/mol. The van der Waals surface area contributed by atoms with Gasteiger partial charge < -0.3 is 9.64 Å². The van der Waals surface area contributed by atoms with E-state index in [2.05, 4.69) is 38.4 Å². The molecule has 1 fully saturated rings. The van der Waals surface area contributed by atoms with E-state index in [-0.39, 0.29) is 6.10 Å². The van der Waals surface area contributed by atoms with Crippen LogP contribution in [0.1, 0.15) is 23.4 Å². The van der Waals surface area contributed by atoms with Gasteiger partial charge in [0.15, 0.2) is 5.82 Å². The van der Waals surface area contributed by atoms with Crippen molar-refractivity contribution in [2.45, 2.75) is 32.4 Å². The zero-order valence-electron chi connectivity index (χ0n) is 14.8. The molecule has 1 saturated heterocycles. The second kappa shape index (κ2) is 7.93. The third kappa shape index (κ3) is 4.08. The summed E-state index contributed by atoms with van der Waals surface area (Å²) in [5, 5.41) is 2.12. The van der Waals surface area contributed by atoms with Crippen LogP contribution in [0.25, 0.3) is 11.4 Å². The second-order valence-corrected chi connectivity index (χ2v) is 7.56. The highest BCUT2D eigenvalue weighted by atomic mass is 32.1. The Morgan fingerprint density at radius 1 is 1.27 bits per heavy atom. The number of rotatable bonds is 6. The predicted molar refractivity (Wildman–Crippen MR) is 104 cm³/mol. The smallest absolute Gasteiger partial charge is 0.163 e. The van der Waals surface area contributed by atoms with Crippen LogP contribution >= 0.6 is 11.3 Å². The van der Waals surface area contributed by atoms with Crippen molar-refractivity contribution >= 4 is 17.2 Å². The van der Waals surface area contributed by atoms with Gasteiger partial charge in [-0.2, -0.15) is 0 Å². The molecule has 4 heterocycles. The zero-order chi connectivity index (χ0) is 17.8. The van der Waals surface area contributed by atoms with Crippen LogP contribution in [0.2, 0.25) is 0 Å². The second-order valence-electron chi connectivity index (χ2n) is 6.53. The van der Waals surface area contributed by atoms with Gasteiger partial charge in [-0.15, -0.1) is 11.3 Å². The van der Waals surface area contributed by atoms with Gasteiger partial charge in [0.1, 0.15) is 5.82 Å². The fraction of sp³-hybridized carbons (Fsp3) is 0.350. The summed E-state index contributed by atoms with van der Waals surface area (Å²) in [5.41, 5.74) is 1.89. The first-order valence-electron chi connectivity index (χ1n) is 8.93. The fourth-order valence-corrected chi connectivity index (χ4v) is 3.92. The summed E-state index contributed by atoms with van der Waals surface area (Å²) in [4.78, 5) is 17.3. The maximum Gasteiger partial charge on any atom is 0.163 e. The lowest BCUT2D eigenvalue weighted by Crippen LogP contribution is -2.32. The predicted octanol–water partition coefficient (Wildman–Crippen LogP) is 4.09. The summed E-state index contributed by atoms with van der Waals surface area (Å²) in [6, 6.07) is 10.2. The third-order valence-corrected chi connectivity index (χ3v) is 5.32. The molecule has 5 nitrogen and oxygen atoms in total. The minimum atomic E-state index is 0.270. The van der Waals surface area contributed by atoms with Crippen molar-refractivity contribution in [1.29, 1.82) is 0 Å². The van der Waals surface area contributed by atoms with Crippen molar-refractivity contribution in [3.63, 3.8) is 0 Å². The normalized spacial score (nSPS) is 16.7. The monoisotopic (exact) mass is 366 g/mol. The van der Waals surface area contributed by atoms with Crippen LogP contribution in [-0.4, -0.2) is 34.2 Å². The Kier molecular flexibility index (Phi) is 5.22. The van der Waals surface area contributed by atoms with E-state index in [1.807, 2.05) is 25.3 Å². The molecule has 1 aliphatic heterocycles. The van der Waals surface area contributed by atoms with Crippen LogP contribution in [0.3, 0.4) is 0 Å². The van der Waals surface area contributed by atoms with Crippen molar-refractivity contribution in [3.8, 4) is 11.4 Å². The number of hydrogen-bond donors (Lipinski definition) is 0. The van der Waals surface area contributed by atoms with Crippen LogP contribution < -0.4 is 4.90 Å². The number of aryl methyl sites for hydroxylation is 1. The summed E-state index contributed by atoms with van der Waals surface area (Å²) in [6.07, 6.45) is 6.09. The van der Waals surface area contributed by atoms with Crippen LogP contribution in [0.4, 0.5) is 5.82 Å². The van der Waals surface area contributed by atoms with Crippen molar-refractivity contribution in [2.24, 2.45) is 0 Å². The number of pyridine rings is 1. The number of anilines is 1. The van der Waals surface area contributed by atoms with Crippen LogP contribution in [0, 0.1) is 6.92 Å². The van der Waals surface area contributed by atoms with Gasteiger partial charge in [0, 0.05) is 47.7 Å². The minimum Gasteiger partial charge on any atom is -0.376 e. The number of thiophene rings is 1. The Labute approximate surface area is 157 Å². The van der Waals surface area contributed by atoms with E-state index in [1.54, 1.807) is 17.5 Å². The van der Waals surface area contributed by atoms with E-state index in [1.165, 1.54) is 4.88 Å². The standard InChI is InChI=1S/C20H22N4OS/c1-15-11-19(23-20(22-15)16-5-2-8-21-12-16)24(13-17-6-3-9-25-17)14-18-7-4-10-26-18/h2,4-5,7-8,10-12,17H,3,6,9,13-14H2,1H3/t17-/m1/s1. The summed E-state index contributed by atoms with van der Waals surface area (Å²) in [6.45, 7) is 4.56. The van der Waals surface area contributed by atoms with Crippen molar-refractivity contribution < 1.29 is 4.74 Å². The van der Waals surface area contributed by atoms with Gasteiger partial charge in [-0.25, -0.2) is 9.97 Å². The highest BCUT2D eigenvalue weighted by Crippen LogP contribution is 2.24. The lowest BCUT2D eigenvalue weighted by Gasteiger charge is -2.26. The summed E-state index contributed by atoms with van der Waals surface area (Å²) >= 11 is 1.77. The van der Waals surface area contributed by atoms with Crippen LogP contribution in [0.15, 0.2) is 48.1 Å². The third-order valence-electron chi connectivity index (χ3n) is 4.46. The topological polar surface area (TPSA) is 51.1 Å². The molecule has 26 heavy (non-hydrogen) atoms. The molecule has 1 aliphatic rings. The largest absolute Gasteiger partial charge is 0.376 e. The van der Waals surface area contributed by atoms with Crippen molar-refractivity contribution in [1.82, 2.24) is 15.0 Å². The lowest BCUT2D eigenvalue weighted by molar-refractivity contribution is 0.115. The van der Waals surface area contributed by atoms with Gasteiger partial charge in [-0.1, -0.05) is 6.07 Å². The number of ether oxygens (including phenoxy) is 1. The van der Waals surface area contributed by atoms with E-state index in [9.17, 15) is 0 Å². The van der Waals surface area contributed by atoms with E-state index in [0.29, 0.717) is 0 Å². The summed E-state index contributed by atoms with van der Waals surface area (Å²) < 4.78 is 5.88. The Morgan fingerprint density at radius 3 is 2.96 bits per heavy atom. The maximum atomic E-state index is 5.88. The van der Waals surface area contributed by atoms with Crippen LogP contribution in [-0.2, 0) is 11.3 Å². The first kappa shape index (κ1) is 17.1. The molecule has 0 aromatic carbocycles. The zero-order valence-corrected chi connectivity index (χ0v) is 15.7. The van der Waals surface area contributed by atoms with E-state index >= 15 is 0 Å². The molecular formula is C20H22N4OS. The van der Waals surface area contributed by atoms with E-state index in [4.69, 9.17) is 9.72 Å². The minimum absolute atomic E-state index is 0.270. The molecule has 3 aromatic heterocycles. The molecule has 0 bridgehead atoms. The van der Waals surface area contributed by atoms with E-state index < -0.39 is 0 Å². The van der Waals surface area contributed by atoms with Gasteiger partial charge in [0.2, 0.25) is 0 Å². The summed E-state index contributed by atoms with van der Waals surface area (Å²) in [5.74, 6) is 1.66. The molecule has 6 heteroatoms. The molecule has 0 aliphatic carbocycles. The molecule has 0 spiro atoms. The molecule has 4 rings (SSSR count). The SMILES string of the molecule is Cc1cc(N(Cc2cccs2)C[C@H]2CCCO2)nc(-c2cccnc2)n1.